The van der Waals surface area contributed by atoms with E-state index in [-0.39, 0.29) is 23.1 Å². The molecule has 4 rings (SSSR count). The zero-order valence-electron chi connectivity index (χ0n) is 17.4. The fourth-order valence-corrected chi connectivity index (χ4v) is 3.19. The highest BCUT2D eigenvalue weighted by Crippen LogP contribution is 2.26. The Balaban J connectivity index is 1.80. The minimum atomic E-state index is -0.393. The van der Waals surface area contributed by atoms with E-state index in [0.29, 0.717) is 34.4 Å². The van der Waals surface area contributed by atoms with E-state index in [1.54, 1.807) is 48.5 Å². The average Bonchev–Trinajstić information content (AvgIpc) is 2.80. The number of H-pyrrole nitrogens is 1. The molecular weight excluding hydrogens is 412 g/mol. The largest absolute Gasteiger partial charge is 0.494 e. The van der Waals surface area contributed by atoms with Crippen molar-refractivity contribution in [1.29, 1.82) is 0 Å². The van der Waals surface area contributed by atoms with Gasteiger partial charge in [0.15, 0.2) is 0 Å². The summed E-state index contributed by atoms with van der Waals surface area (Å²) in [6.07, 6.45) is 1.35. The molecule has 0 radical (unpaired) electrons. The van der Waals surface area contributed by atoms with Gasteiger partial charge < -0.3 is 9.84 Å². The van der Waals surface area contributed by atoms with Crippen LogP contribution in [0.5, 0.6) is 11.6 Å². The Bertz CT molecular complexity index is 1420. The number of aromatic hydroxyl groups is 1. The number of nitrogens with zero attached hydrogens (tertiary/aromatic N) is 4. The Morgan fingerprint density at radius 3 is 2.53 bits per heavy atom. The lowest BCUT2D eigenvalue weighted by Crippen LogP contribution is -2.20. The highest BCUT2D eigenvalue weighted by atomic mass is 16.5. The molecule has 0 fully saturated rings. The smallest absolute Gasteiger partial charge is 0.274 e. The van der Waals surface area contributed by atoms with E-state index in [2.05, 4.69) is 25.7 Å². The number of hydrazone groups is 1. The molecule has 2 heterocycles. The fraction of sp³-hybridized carbons (Fsp3) is 0.136. The molecule has 10 nitrogen and oxygen atoms in total. The predicted molar refractivity (Wildman–Crippen MR) is 121 cm³/mol. The molecule has 0 atom stereocenters. The van der Waals surface area contributed by atoms with E-state index >= 15 is 0 Å². The van der Waals surface area contributed by atoms with Gasteiger partial charge in [0.25, 0.3) is 11.1 Å². The summed E-state index contributed by atoms with van der Waals surface area (Å²) in [6.45, 7) is 3.93. The van der Waals surface area contributed by atoms with E-state index < -0.39 is 5.56 Å². The zero-order valence-corrected chi connectivity index (χ0v) is 17.4. The third-order valence-corrected chi connectivity index (χ3v) is 4.73. The molecular formula is C22H20N6O4. The number of rotatable bonds is 6. The van der Waals surface area contributed by atoms with Gasteiger partial charge in [-0.2, -0.15) is 5.10 Å². The number of aromatic nitrogens is 4. The standard InChI is InChI=1S/C22H20N6O4/c1-3-32-15-10-8-14(9-11-15)28-20(30)17-7-5-4-6-16(17)18(21(28)31)12-23-26-22-24-19(29)13(2)25-27-22/h4-12,31H,3H2,1-2H3,(H2,24,26,27,29)/b23-12-. The van der Waals surface area contributed by atoms with Crippen molar-refractivity contribution in [3.05, 3.63) is 80.5 Å². The van der Waals surface area contributed by atoms with Gasteiger partial charge in [-0.15, -0.1) is 10.2 Å². The van der Waals surface area contributed by atoms with Crippen LogP contribution in [0, 0.1) is 6.92 Å². The SMILES string of the molecule is CCOc1ccc(-n2c(O)c(/C=N\Nc3nnc(C)c(=O)[nH]3)c3ccccc3c2=O)cc1. The fourth-order valence-electron chi connectivity index (χ4n) is 3.19. The summed E-state index contributed by atoms with van der Waals surface area (Å²) < 4.78 is 6.65. The summed E-state index contributed by atoms with van der Waals surface area (Å²) in [6, 6.07) is 13.7. The normalized spacial score (nSPS) is 11.2. The minimum absolute atomic E-state index is 0.0421. The van der Waals surface area contributed by atoms with Gasteiger partial charge in [-0.1, -0.05) is 18.2 Å². The van der Waals surface area contributed by atoms with Gasteiger partial charge >= 0.3 is 0 Å². The number of aromatic amines is 1. The first kappa shape index (κ1) is 20.8. The molecule has 10 heteroatoms. The maximum Gasteiger partial charge on any atom is 0.274 e. The summed E-state index contributed by atoms with van der Waals surface area (Å²) in [5.74, 6) is 0.413. The molecule has 162 valence electrons. The Morgan fingerprint density at radius 2 is 1.84 bits per heavy atom. The second kappa shape index (κ2) is 8.72. The molecule has 0 spiro atoms. The van der Waals surface area contributed by atoms with Crippen molar-refractivity contribution in [2.45, 2.75) is 13.8 Å². The number of anilines is 1. The number of pyridine rings is 1. The van der Waals surface area contributed by atoms with E-state index in [1.807, 2.05) is 6.92 Å². The van der Waals surface area contributed by atoms with Crippen LogP contribution in [0.25, 0.3) is 16.5 Å². The molecule has 0 saturated carbocycles. The first-order chi connectivity index (χ1) is 15.5. The Kier molecular flexibility index (Phi) is 5.67. The second-order valence-corrected chi connectivity index (χ2v) is 6.81. The molecule has 32 heavy (non-hydrogen) atoms. The summed E-state index contributed by atoms with van der Waals surface area (Å²) in [5.41, 5.74) is 2.81. The number of aryl methyl sites for hydroxylation is 1. The van der Waals surface area contributed by atoms with Crippen molar-refractivity contribution in [2.75, 3.05) is 12.0 Å². The third-order valence-electron chi connectivity index (χ3n) is 4.73. The first-order valence-corrected chi connectivity index (χ1v) is 9.82. The minimum Gasteiger partial charge on any atom is -0.494 e. The van der Waals surface area contributed by atoms with Crippen molar-refractivity contribution < 1.29 is 9.84 Å². The van der Waals surface area contributed by atoms with Crippen LogP contribution in [0.1, 0.15) is 18.2 Å². The number of hydrogen-bond acceptors (Lipinski definition) is 8. The number of ether oxygens (including phenoxy) is 1. The van der Waals surface area contributed by atoms with Crippen molar-refractivity contribution >= 4 is 22.9 Å². The Hall–Kier alpha value is -4.47. The lowest BCUT2D eigenvalue weighted by atomic mass is 10.1. The van der Waals surface area contributed by atoms with Crippen LogP contribution in [-0.2, 0) is 0 Å². The van der Waals surface area contributed by atoms with Crippen LogP contribution in [0.2, 0.25) is 0 Å². The van der Waals surface area contributed by atoms with Crippen LogP contribution >= 0.6 is 0 Å². The third kappa shape index (κ3) is 3.93. The van der Waals surface area contributed by atoms with Crippen LogP contribution in [-0.4, -0.2) is 37.7 Å². The summed E-state index contributed by atoms with van der Waals surface area (Å²) in [5, 5.41) is 23.5. The molecule has 0 aliphatic heterocycles. The summed E-state index contributed by atoms with van der Waals surface area (Å²) in [4.78, 5) is 27.3. The van der Waals surface area contributed by atoms with E-state index in [0.717, 1.165) is 0 Å². The van der Waals surface area contributed by atoms with Crippen molar-refractivity contribution in [3.8, 4) is 17.3 Å². The molecule has 0 amide bonds. The van der Waals surface area contributed by atoms with Gasteiger partial charge in [0, 0.05) is 10.8 Å². The highest BCUT2D eigenvalue weighted by Gasteiger charge is 2.16. The zero-order chi connectivity index (χ0) is 22.7. The van der Waals surface area contributed by atoms with Crippen LogP contribution in [0.15, 0.2) is 63.2 Å². The van der Waals surface area contributed by atoms with Crippen molar-refractivity contribution in [3.63, 3.8) is 0 Å². The quantitative estimate of drug-likeness (QED) is 0.314. The summed E-state index contributed by atoms with van der Waals surface area (Å²) >= 11 is 0. The van der Waals surface area contributed by atoms with Gasteiger partial charge in [-0.3, -0.25) is 14.6 Å². The highest BCUT2D eigenvalue weighted by molar-refractivity contribution is 6.01. The van der Waals surface area contributed by atoms with Gasteiger partial charge in [-0.05, 0) is 44.2 Å². The molecule has 0 bridgehead atoms. The van der Waals surface area contributed by atoms with Crippen molar-refractivity contribution in [2.24, 2.45) is 5.10 Å². The monoisotopic (exact) mass is 432 g/mol. The molecule has 2 aromatic carbocycles. The van der Waals surface area contributed by atoms with Gasteiger partial charge in [0.05, 0.1) is 24.1 Å². The lowest BCUT2D eigenvalue weighted by Gasteiger charge is -2.14. The lowest BCUT2D eigenvalue weighted by molar-refractivity contribution is 0.340. The molecule has 0 aliphatic carbocycles. The second-order valence-electron chi connectivity index (χ2n) is 6.81. The van der Waals surface area contributed by atoms with Gasteiger partial charge in [0.1, 0.15) is 11.4 Å². The summed E-state index contributed by atoms with van der Waals surface area (Å²) in [7, 11) is 0. The number of benzene rings is 2. The van der Waals surface area contributed by atoms with E-state index in [9.17, 15) is 14.7 Å². The molecule has 2 aromatic heterocycles. The van der Waals surface area contributed by atoms with Crippen LogP contribution in [0.3, 0.4) is 0 Å². The molecule has 0 saturated heterocycles. The number of fused-ring (bicyclic) bond motifs is 1. The Morgan fingerprint density at radius 1 is 1.12 bits per heavy atom. The topological polar surface area (TPSA) is 134 Å². The Labute approximate surface area is 181 Å². The molecule has 0 unspecified atom stereocenters. The maximum atomic E-state index is 13.1. The molecule has 0 aliphatic rings. The van der Waals surface area contributed by atoms with E-state index in [1.165, 1.54) is 17.7 Å². The van der Waals surface area contributed by atoms with Crippen LogP contribution < -0.4 is 21.3 Å². The average molecular weight is 432 g/mol. The van der Waals surface area contributed by atoms with Crippen LogP contribution in [0.4, 0.5) is 5.95 Å². The number of hydrogen-bond donors (Lipinski definition) is 3. The first-order valence-electron chi connectivity index (χ1n) is 9.82. The van der Waals surface area contributed by atoms with Crippen molar-refractivity contribution in [1.82, 2.24) is 19.7 Å². The maximum absolute atomic E-state index is 13.1. The van der Waals surface area contributed by atoms with Gasteiger partial charge in [0.2, 0.25) is 11.8 Å². The predicted octanol–water partition coefficient (Wildman–Crippen LogP) is 2.33. The molecule has 3 N–H and O–H groups in total. The van der Waals surface area contributed by atoms with E-state index in [4.69, 9.17) is 4.74 Å². The van der Waals surface area contributed by atoms with Gasteiger partial charge in [-0.25, -0.2) is 9.99 Å². The molecule has 4 aromatic rings. The number of nitrogens with one attached hydrogen (secondary N) is 2.